The lowest BCUT2D eigenvalue weighted by Crippen LogP contribution is -2.29. The number of hydrogen-bond acceptors (Lipinski definition) is 6. The van der Waals surface area contributed by atoms with E-state index < -0.39 is 0 Å². The molecule has 26 heavy (non-hydrogen) atoms. The van der Waals surface area contributed by atoms with Crippen LogP contribution in [-0.4, -0.2) is 26.4 Å². The number of anilines is 1. The van der Waals surface area contributed by atoms with Crippen LogP contribution in [0, 0.1) is 6.92 Å². The maximum Gasteiger partial charge on any atom is 0.287 e. The maximum atomic E-state index is 12.5. The Morgan fingerprint density at radius 2 is 2.00 bits per heavy atom. The largest absolute Gasteiger partial charge is 0.508 e. The van der Waals surface area contributed by atoms with Crippen molar-refractivity contribution in [1.29, 1.82) is 0 Å². The summed E-state index contributed by atoms with van der Waals surface area (Å²) in [4.78, 5) is 26.7. The molecular weight excluding hydrogens is 332 g/mol. The Hall–Kier alpha value is -3.09. The minimum atomic E-state index is -0.278. The van der Waals surface area contributed by atoms with Gasteiger partial charge in [-0.15, -0.1) is 4.73 Å². The molecule has 0 amide bonds. The quantitative estimate of drug-likeness (QED) is 0.634. The van der Waals surface area contributed by atoms with E-state index in [1.54, 1.807) is 12.1 Å². The van der Waals surface area contributed by atoms with Gasteiger partial charge in [0.2, 0.25) is 0 Å². The molecule has 0 aliphatic carbocycles. The van der Waals surface area contributed by atoms with Crippen molar-refractivity contribution >= 4 is 16.7 Å². The third kappa shape index (κ3) is 3.77. The van der Waals surface area contributed by atoms with Crippen molar-refractivity contribution in [2.75, 3.05) is 11.9 Å². The van der Waals surface area contributed by atoms with E-state index in [9.17, 15) is 9.90 Å². The summed E-state index contributed by atoms with van der Waals surface area (Å²) in [6.07, 6.45) is 3.27. The highest BCUT2D eigenvalue weighted by Gasteiger charge is 2.14. The number of pyridine rings is 1. The molecule has 0 spiro atoms. The number of benzene rings is 1. The zero-order chi connectivity index (χ0) is 18.5. The molecule has 2 aromatic heterocycles. The summed E-state index contributed by atoms with van der Waals surface area (Å²) in [5.41, 5.74) is 2.57. The molecule has 0 aliphatic rings. The molecule has 0 fully saturated rings. The molecule has 0 radical (unpaired) electrons. The van der Waals surface area contributed by atoms with Gasteiger partial charge in [-0.25, -0.2) is 9.97 Å². The van der Waals surface area contributed by atoms with Gasteiger partial charge in [-0.2, -0.15) is 0 Å². The average molecular weight is 354 g/mol. The van der Waals surface area contributed by atoms with Crippen molar-refractivity contribution in [2.24, 2.45) is 0 Å². The molecule has 2 N–H and O–H groups in total. The van der Waals surface area contributed by atoms with Crippen LogP contribution in [0.1, 0.15) is 31.0 Å². The zero-order valence-electron chi connectivity index (χ0n) is 14.9. The van der Waals surface area contributed by atoms with Crippen LogP contribution in [0.5, 0.6) is 5.75 Å². The molecule has 3 aromatic rings. The molecule has 7 nitrogen and oxygen atoms in total. The Labute approximate surface area is 151 Å². The van der Waals surface area contributed by atoms with Crippen molar-refractivity contribution < 1.29 is 9.94 Å². The molecule has 1 aromatic carbocycles. The molecule has 0 saturated carbocycles. The number of hydrogen-bond donors (Lipinski definition) is 2. The van der Waals surface area contributed by atoms with Crippen LogP contribution in [0.4, 0.5) is 5.69 Å². The van der Waals surface area contributed by atoms with Gasteiger partial charge in [-0.1, -0.05) is 25.5 Å². The van der Waals surface area contributed by atoms with Gasteiger partial charge in [0.05, 0.1) is 16.8 Å². The standard InChI is InChI=1S/C19H22N4O3/c1-3-4-9-26-23-17(25)10-16(18-13(2)21-12-22-19(18)23)20-11-14-5-7-15(24)8-6-14/h5-8,10,12,20,24H,3-4,9,11H2,1-2H3. The number of fused-ring (bicyclic) bond motifs is 1. The second-order valence-electron chi connectivity index (χ2n) is 6.06. The van der Waals surface area contributed by atoms with Crippen LogP contribution in [0.2, 0.25) is 0 Å². The zero-order valence-corrected chi connectivity index (χ0v) is 14.9. The predicted molar refractivity (Wildman–Crippen MR) is 100 cm³/mol. The van der Waals surface area contributed by atoms with E-state index >= 15 is 0 Å². The summed E-state index contributed by atoms with van der Waals surface area (Å²) in [5.74, 6) is 0.218. The minimum absolute atomic E-state index is 0.218. The van der Waals surface area contributed by atoms with Crippen LogP contribution in [-0.2, 0) is 6.54 Å². The SMILES string of the molecule is CCCCOn1c(=O)cc(NCc2ccc(O)cc2)c2c(C)ncnc21. The van der Waals surface area contributed by atoms with E-state index in [2.05, 4.69) is 22.2 Å². The second kappa shape index (κ2) is 7.86. The summed E-state index contributed by atoms with van der Waals surface area (Å²) < 4.78 is 1.24. The lowest BCUT2D eigenvalue weighted by molar-refractivity contribution is 0.108. The highest BCUT2D eigenvalue weighted by Crippen LogP contribution is 2.23. The number of unbranched alkanes of at least 4 members (excludes halogenated alkanes) is 1. The van der Waals surface area contributed by atoms with Crippen molar-refractivity contribution in [3.8, 4) is 5.75 Å². The first-order valence-corrected chi connectivity index (χ1v) is 8.62. The highest BCUT2D eigenvalue weighted by atomic mass is 16.7. The molecule has 0 unspecified atom stereocenters. The highest BCUT2D eigenvalue weighted by molar-refractivity contribution is 5.90. The normalized spacial score (nSPS) is 10.8. The van der Waals surface area contributed by atoms with Crippen molar-refractivity contribution in [1.82, 2.24) is 14.7 Å². The fourth-order valence-electron chi connectivity index (χ4n) is 2.66. The van der Waals surface area contributed by atoms with Gasteiger partial charge in [0, 0.05) is 12.6 Å². The molecule has 0 aliphatic heterocycles. The maximum absolute atomic E-state index is 12.5. The summed E-state index contributed by atoms with van der Waals surface area (Å²) in [7, 11) is 0. The van der Waals surface area contributed by atoms with E-state index in [4.69, 9.17) is 4.84 Å². The first kappa shape index (κ1) is 17.7. The van der Waals surface area contributed by atoms with Gasteiger partial charge in [0.15, 0.2) is 5.65 Å². The monoisotopic (exact) mass is 354 g/mol. The molecule has 136 valence electrons. The smallest absolute Gasteiger partial charge is 0.287 e. The van der Waals surface area contributed by atoms with Gasteiger partial charge in [-0.05, 0) is 31.0 Å². The number of aromatic hydroxyl groups is 1. The Balaban J connectivity index is 1.96. The summed E-state index contributed by atoms with van der Waals surface area (Å²) in [6.45, 7) is 4.89. The predicted octanol–water partition coefficient (Wildman–Crippen LogP) is 2.65. The summed E-state index contributed by atoms with van der Waals surface area (Å²) >= 11 is 0. The average Bonchev–Trinajstić information content (AvgIpc) is 2.63. The van der Waals surface area contributed by atoms with E-state index in [1.165, 1.54) is 17.1 Å². The molecule has 3 rings (SSSR count). The number of nitrogens with zero attached hydrogens (tertiary/aromatic N) is 3. The Morgan fingerprint density at radius 1 is 1.23 bits per heavy atom. The first-order chi connectivity index (χ1) is 12.6. The molecule has 0 atom stereocenters. The Bertz CT molecular complexity index is 951. The Morgan fingerprint density at radius 3 is 2.73 bits per heavy atom. The van der Waals surface area contributed by atoms with Gasteiger partial charge in [-0.3, -0.25) is 4.79 Å². The number of aromatic nitrogens is 3. The van der Waals surface area contributed by atoms with Gasteiger partial charge < -0.3 is 15.3 Å². The molecule has 0 saturated heterocycles. The lowest BCUT2D eigenvalue weighted by Gasteiger charge is -2.15. The number of aryl methyl sites for hydroxylation is 1. The Kier molecular flexibility index (Phi) is 5.36. The van der Waals surface area contributed by atoms with Crippen LogP contribution in [0.15, 0.2) is 41.5 Å². The number of rotatable bonds is 7. The molecule has 2 heterocycles. The fraction of sp³-hybridized carbons (Fsp3) is 0.316. The van der Waals surface area contributed by atoms with E-state index in [0.29, 0.717) is 24.5 Å². The molecular formula is C19H22N4O3. The van der Waals surface area contributed by atoms with E-state index in [1.807, 2.05) is 19.1 Å². The minimum Gasteiger partial charge on any atom is -0.508 e. The topological polar surface area (TPSA) is 89.3 Å². The van der Waals surface area contributed by atoms with Gasteiger partial charge in [0.25, 0.3) is 5.56 Å². The second-order valence-corrected chi connectivity index (χ2v) is 6.06. The number of nitrogens with one attached hydrogen (secondary N) is 1. The summed E-state index contributed by atoms with van der Waals surface area (Å²) in [6, 6.07) is 8.41. The summed E-state index contributed by atoms with van der Waals surface area (Å²) in [5, 5.41) is 13.4. The lowest BCUT2D eigenvalue weighted by atomic mass is 10.2. The molecule has 0 bridgehead atoms. The van der Waals surface area contributed by atoms with Crippen molar-refractivity contribution in [3.05, 3.63) is 58.3 Å². The van der Waals surface area contributed by atoms with E-state index in [0.717, 1.165) is 29.5 Å². The van der Waals surface area contributed by atoms with Crippen LogP contribution < -0.4 is 15.7 Å². The van der Waals surface area contributed by atoms with E-state index in [-0.39, 0.29) is 11.3 Å². The van der Waals surface area contributed by atoms with Crippen LogP contribution in [0.25, 0.3) is 11.0 Å². The fourth-order valence-corrected chi connectivity index (χ4v) is 2.66. The third-order valence-corrected chi connectivity index (χ3v) is 4.08. The van der Waals surface area contributed by atoms with Gasteiger partial charge >= 0.3 is 0 Å². The van der Waals surface area contributed by atoms with Crippen LogP contribution >= 0.6 is 0 Å². The molecule has 7 heteroatoms. The van der Waals surface area contributed by atoms with Crippen LogP contribution in [0.3, 0.4) is 0 Å². The number of phenolic OH excluding ortho intramolecular Hbond substituents is 1. The van der Waals surface area contributed by atoms with Crippen molar-refractivity contribution in [3.63, 3.8) is 0 Å². The van der Waals surface area contributed by atoms with Crippen molar-refractivity contribution in [2.45, 2.75) is 33.2 Å². The number of phenols is 1. The van der Waals surface area contributed by atoms with Gasteiger partial charge in [0.1, 0.15) is 18.7 Å². The third-order valence-electron chi connectivity index (χ3n) is 4.08. The first-order valence-electron chi connectivity index (χ1n) is 8.62.